The van der Waals surface area contributed by atoms with Crippen LogP contribution in [0.3, 0.4) is 0 Å². The molecule has 0 aliphatic heterocycles. The Labute approximate surface area is 131 Å². The number of hydrogen-bond donors (Lipinski definition) is 1. The average Bonchev–Trinajstić information content (AvgIpc) is 2.37. The number of carbonyl (C=O) groups excluding carboxylic acids is 1. The normalized spacial score (nSPS) is 10.1. The standard InChI is InChI=1S/C14H8Br2O4/c15-11-2-8(1-10(4-11)14(18)19)9-3-12(16)6-13(5-9)20-7-17/h1-7H,(H,18,19). The Morgan fingerprint density at radius 1 is 1.00 bits per heavy atom. The van der Waals surface area contributed by atoms with Gasteiger partial charge in [-0.1, -0.05) is 31.9 Å². The lowest BCUT2D eigenvalue weighted by molar-refractivity contribution is -0.120. The third-order valence-electron chi connectivity index (χ3n) is 2.53. The molecule has 0 saturated carbocycles. The molecule has 6 heteroatoms. The van der Waals surface area contributed by atoms with Crippen LogP contribution in [0.5, 0.6) is 5.75 Å². The van der Waals surface area contributed by atoms with Crippen molar-refractivity contribution < 1.29 is 19.4 Å². The summed E-state index contributed by atoms with van der Waals surface area (Å²) in [6.07, 6.45) is 0. The van der Waals surface area contributed by atoms with Gasteiger partial charge in [0, 0.05) is 8.95 Å². The minimum absolute atomic E-state index is 0.173. The molecule has 0 aliphatic carbocycles. The van der Waals surface area contributed by atoms with Crippen LogP contribution in [0.25, 0.3) is 11.1 Å². The number of ether oxygens (including phenoxy) is 1. The summed E-state index contributed by atoms with van der Waals surface area (Å²) in [6, 6.07) is 9.98. The lowest BCUT2D eigenvalue weighted by Crippen LogP contribution is -1.96. The highest BCUT2D eigenvalue weighted by Gasteiger charge is 2.09. The molecule has 0 spiro atoms. The van der Waals surface area contributed by atoms with Crippen molar-refractivity contribution in [2.45, 2.75) is 0 Å². The Morgan fingerprint density at radius 3 is 2.20 bits per heavy atom. The van der Waals surface area contributed by atoms with Crippen molar-refractivity contribution in [2.24, 2.45) is 0 Å². The number of carboxylic acids is 1. The lowest BCUT2D eigenvalue weighted by atomic mass is 10.0. The molecule has 0 amide bonds. The number of aromatic carboxylic acids is 1. The first-order valence-electron chi connectivity index (χ1n) is 5.45. The maximum atomic E-state index is 11.1. The van der Waals surface area contributed by atoms with E-state index in [4.69, 9.17) is 9.84 Å². The van der Waals surface area contributed by atoms with Gasteiger partial charge in [-0.25, -0.2) is 4.79 Å². The second kappa shape index (κ2) is 6.19. The van der Waals surface area contributed by atoms with Gasteiger partial charge in [-0.05, 0) is 47.5 Å². The number of carboxylic acid groups (broad SMARTS) is 1. The van der Waals surface area contributed by atoms with Gasteiger partial charge in [0.25, 0.3) is 6.47 Å². The number of rotatable bonds is 4. The fourth-order valence-corrected chi connectivity index (χ4v) is 2.70. The van der Waals surface area contributed by atoms with Crippen LogP contribution >= 0.6 is 31.9 Å². The largest absolute Gasteiger partial charge is 0.478 e. The number of hydrogen-bond acceptors (Lipinski definition) is 3. The Balaban J connectivity index is 2.55. The van der Waals surface area contributed by atoms with E-state index in [1.807, 2.05) is 6.07 Å². The van der Waals surface area contributed by atoms with Gasteiger partial charge in [-0.15, -0.1) is 0 Å². The van der Waals surface area contributed by atoms with E-state index in [9.17, 15) is 9.59 Å². The number of halogens is 2. The average molecular weight is 400 g/mol. The molecule has 0 heterocycles. The van der Waals surface area contributed by atoms with Crippen molar-refractivity contribution in [1.82, 2.24) is 0 Å². The lowest BCUT2D eigenvalue weighted by Gasteiger charge is -2.07. The van der Waals surface area contributed by atoms with E-state index in [-0.39, 0.29) is 5.56 Å². The second-order valence-corrected chi connectivity index (χ2v) is 5.75. The molecule has 0 aromatic heterocycles. The summed E-state index contributed by atoms with van der Waals surface area (Å²) >= 11 is 6.61. The van der Waals surface area contributed by atoms with Gasteiger partial charge in [0.15, 0.2) is 0 Å². The molecule has 0 atom stereocenters. The zero-order valence-corrected chi connectivity index (χ0v) is 13.1. The molecule has 2 aromatic rings. The summed E-state index contributed by atoms with van der Waals surface area (Å²) in [5, 5.41) is 9.07. The zero-order valence-electron chi connectivity index (χ0n) is 9.97. The third-order valence-corrected chi connectivity index (χ3v) is 3.45. The monoisotopic (exact) mass is 398 g/mol. The summed E-state index contributed by atoms with van der Waals surface area (Å²) in [5.74, 6) is -0.631. The molecule has 4 nitrogen and oxygen atoms in total. The van der Waals surface area contributed by atoms with E-state index >= 15 is 0 Å². The van der Waals surface area contributed by atoms with Crippen molar-refractivity contribution in [3.63, 3.8) is 0 Å². The van der Waals surface area contributed by atoms with Crippen molar-refractivity contribution >= 4 is 44.3 Å². The van der Waals surface area contributed by atoms with Gasteiger partial charge in [0.05, 0.1) is 5.56 Å². The summed E-state index contributed by atoms with van der Waals surface area (Å²) in [7, 11) is 0. The molecule has 0 aliphatic rings. The third kappa shape index (κ3) is 3.46. The van der Waals surface area contributed by atoms with Crippen LogP contribution < -0.4 is 4.74 Å². The van der Waals surface area contributed by atoms with Gasteiger partial charge >= 0.3 is 5.97 Å². The molecular formula is C14H8Br2O4. The highest BCUT2D eigenvalue weighted by atomic mass is 79.9. The smallest absolute Gasteiger partial charge is 0.335 e. The maximum Gasteiger partial charge on any atom is 0.335 e. The van der Waals surface area contributed by atoms with E-state index < -0.39 is 5.97 Å². The first-order chi connectivity index (χ1) is 9.49. The fraction of sp³-hybridized carbons (Fsp3) is 0. The highest BCUT2D eigenvalue weighted by molar-refractivity contribution is 9.10. The quantitative estimate of drug-likeness (QED) is 0.785. The van der Waals surface area contributed by atoms with Gasteiger partial charge < -0.3 is 9.84 Å². The van der Waals surface area contributed by atoms with E-state index in [0.717, 1.165) is 10.0 Å². The molecular weight excluding hydrogens is 392 g/mol. The first-order valence-corrected chi connectivity index (χ1v) is 7.03. The van der Waals surface area contributed by atoms with Crippen LogP contribution in [0, 0.1) is 0 Å². The number of carbonyl (C=O) groups is 2. The molecule has 2 aromatic carbocycles. The Kier molecular flexibility index (Phi) is 4.57. The van der Waals surface area contributed by atoms with Crippen molar-refractivity contribution in [1.29, 1.82) is 0 Å². The van der Waals surface area contributed by atoms with E-state index in [1.54, 1.807) is 24.3 Å². The Hall–Kier alpha value is -1.66. The van der Waals surface area contributed by atoms with E-state index in [0.29, 0.717) is 22.3 Å². The summed E-state index contributed by atoms with van der Waals surface area (Å²) < 4.78 is 6.20. The SMILES string of the molecule is O=COc1cc(Br)cc(-c2cc(Br)cc(C(=O)O)c2)c1. The van der Waals surface area contributed by atoms with Crippen molar-refractivity contribution in [3.05, 3.63) is 50.9 Å². The van der Waals surface area contributed by atoms with Gasteiger partial charge in [-0.3, -0.25) is 4.79 Å². The summed E-state index contributed by atoms with van der Waals surface area (Å²) in [4.78, 5) is 21.5. The van der Waals surface area contributed by atoms with Gasteiger partial charge in [-0.2, -0.15) is 0 Å². The number of benzene rings is 2. The van der Waals surface area contributed by atoms with Gasteiger partial charge in [0.1, 0.15) is 5.75 Å². The van der Waals surface area contributed by atoms with Crippen LogP contribution in [0.4, 0.5) is 0 Å². The second-order valence-electron chi connectivity index (χ2n) is 3.92. The van der Waals surface area contributed by atoms with Crippen LogP contribution in [-0.2, 0) is 4.79 Å². The molecule has 102 valence electrons. The van der Waals surface area contributed by atoms with Crippen LogP contribution in [0.2, 0.25) is 0 Å². The van der Waals surface area contributed by atoms with Crippen LogP contribution in [0.15, 0.2) is 45.3 Å². The van der Waals surface area contributed by atoms with Gasteiger partial charge in [0.2, 0.25) is 0 Å². The minimum Gasteiger partial charge on any atom is -0.478 e. The fourth-order valence-electron chi connectivity index (χ4n) is 1.73. The zero-order chi connectivity index (χ0) is 14.7. The minimum atomic E-state index is -1.01. The molecule has 0 bridgehead atoms. The summed E-state index contributed by atoms with van der Waals surface area (Å²) in [5.41, 5.74) is 1.61. The molecule has 0 fully saturated rings. The molecule has 0 radical (unpaired) electrons. The van der Waals surface area contributed by atoms with Crippen molar-refractivity contribution in [2.75, 3.05) is 0 Å². The van der Waals surface area contributed by atoms with Crippen molar-refractivity contribution in [3.8, 4) is 16.9 Å². The molecule has 0 saturated heterocycles. The topological polar surface area (TPSA) is 63.6 Å². The maximum absolute atomic E-state index is 11.1. The molecule has 2 rings (SSSR count). The Bertz CT molecular complexity index is 683. The first kappa shape index (κ1) is 14.7. The highest BCUT2D eigenvalue weighted by Crippen LogP contribution is 2.31. The molecule has 1 N–H and O–H groups in total. The molecule has 20 heavy (non-hydrogen) atoms. The van der Waals surface area contributed by atoms with E-state index in [1.165, 1.54) is 6.07 Å². The predicted octanol–water partition coefficient (Wildman–Crippen LogP) is 4.11. The van der Waals surface area contributed by atoms with Crippen LogP contribution in [0.1, 0.15) is 10.4 Å². The summed E-state index contributed by atoms with van der Waals surface area (Å²) in [6.45, 7) is 0.342. The Morgan fingerprint density at radius 2 is 1.60 bits per heavy atom. The van der Waals surface area contributed by atoms with Crippen LogP contribution in [-0.4, -0.2) is 17.5 Å². The predicted molar refractivity (Wildman–Crippen MR) is 80.9 cm³/mol. The molecule has 0 unspecified atom stereocenters. The van der Waals surface area contributed by atoms with E-state index in [2.05, 4.69) is 31.9 Å².